The number of hydrogen-bond acceptors (Lipinski definition) is 4. The maximum atomic E-state index is 11.0. The van der Waals surface area contributed by atoms with Crippen LogP contribution in [0.2, 0.25) is 0 Å². The highest BCUT2D eigenvalue weighted by Crippen LogP contribution is 2.46. The summed E-state index contributed by atoms with van der Waals surface area (Å²) in [7, 11) is 3.31. The molecule has 1 aromatic rings. The number of methoxy groups -OCH3 is 2. The first-order valence-electron chi connectivity index (χ1n) is 7.85. The Morgan fingerprint density at radius 3 is 2.71 bits per heavy atom. The number of piperidine rings is 1. The van der Waals surface area contributed by atoms with E-state index in [2.05, 4.69) is 11.4 Å². The van der Waals surface area contributed by atoms with Gasteiger partial charge in [-0.1, -0.05) is 18.9 Å². The molecule has 0 spiro atoms. The lowest BCUT2D eigenvalue weighted by atomic mass is 9.67. The van der Waals surface area contributed by atoms with E-state index in [4.69, 9.17) is 9.47 Å². The number of fused-ring (bicyclic) bond motifs is 1. The predicted octanol–water partition coefficient (Wildman–Crippen LogP) is 2.66. The fourth-order valence-electron chi connectivity index (χ4n) is 4.02. The van der Waals surface area contributed by atoms with Crippen molar-refractivity contribution in [1.29, 1.82) is 0 Å². The van der Waals surface area contributed by atoms with Gasteiger partial charge in [-0.3, -0.25) is 0 Å². The van der Waals surface area contributed by atoms with Crippen molar-refractivity contribution in [3.05, 3.63) is 23.8 Å². The maximum absolute atomic E-state index is 11.0. The third kappa shape index (κ3) is 2.62. The van der Waals surface area contributed by atoms with Crippen LogP contribution in [0.25, 0.3) is 0 Å². The molecule has 4 nitrogen and oxygen atoms in total. The van der Waals surface area contributed by atoms with Gasteiger partial charge in [-0.2, -0.15) is 0 Å². The van der Waals surface area contributed by atoms with E-state index >= 15 is 0 Å². The van der Waals surface area contributed by atoms with Crippen molar-refractivity contribution in [3.63, 3.8) is 0 Å². The van der Waals surface area contributed by atoms with E-state index in [0.717, 1.165) is 43.7 Å². The molecule has 2 aliphatic rings. The Balaban J connectivity index is 1.91. The largest absolute Gasteiger partial charge is 0.493 e. The Kier molecular flexibility index (Phi) is 4.09. The minimum Gasteiger partial charge on any atom is -0.493 e. The zero-order chi connectivity index (χ0) is 14.9. The van der Waals surface area contributed by atoms with Crippen molar-refractivity contribution in [3.8, 4) is 11.5 Å². The normalized spacial score (nSPS) is 32.3. The maximum Gasteiger partial charge on any atom is 0.161 e. The number of aliphatic hydroxyl groups is 1. The lowest BCUT2D eigenvalue weighted by Crippen LogP contribution is -2.53. The van der Waals surface area contributed by atoms with Gasteiger partial charge in [0, 0.05) is 12.0 Å². The molecule has 0 radical (unpaired) electrons. The van der Waals surface area contributed by atoms with Crippen LogP contribution in [0.15, 0.2) is 18.2 Å². The second-order valence-corrected chi connectivity index (χ2v) is 6.25. The first-order valence-corrected chi connectivity index (χ1v) is 7.85. The summed E-state index contributed by atoms with van der Waals surface area (Å²) in [4.78, 5) is 0. The first kappa shape index (κ1) is 14.7. The summed E-state index contributed by atoms with van der Waals surface area (Å²) in [6.07, 6.45) is 5.23. The number of hydrogen-bond donors (Lipinski definition) is 2. The summed E-state index contributed by atoms with van der Waals surface area (Å²) in [5, 5.41) is 14.5. The van der Waals surface area contributed by atoms with Gasteiger partial charge in [0.2, 0.25) is 0 Å². The van der Waals surface area contributed by atoms with Gasteiger partial charge in [0.1, 0.15) is 0 Å². The van der Waals surface area contributed by atoms with Gasteiger partial charge in [-0.25, -0.2) is 0 Å². The molecule has 21 heavy (non-hydrogen) atoms. The molecule has 0 bridgehead atoms. The number of rotatable bonds is 3. The van der Waals surface area contributed by atoms with Crippen molar-refractivity contribution in [2.45, 2.75) is 43.7 Å². The predicted molar refractivity (Wildman–Crippen MR) is 81.8 cm³/mol. The molecule has 4 heteroatoms. The van der Waals surface area contributed by atoms with Crippen LogP contribution in [0.4, 0.5) is 0 Å². The summed E-state index contributed by atoms with van der Waals surface area (Å²) in [5.74, 6) is 1.79. The molecule has 1 saturated carbocycles. The molecule has 0 unspecified atom stereocenters. The Hall–Kier alpha value is -1.26. The Bertz CT molecular complexity index is 501. The topological polar surface area (TPSA) is 50.7 Å². The van der Waals surface area contributed by atoms with E-state index in [1.165, 1.54) is 12.0 Å². The average Bonchev–Trinajstić information content (AvgIpc) is 2.53. The molecule has 3 atom stereocenters. The first-order chi connectivity index (χ1) is 10.2. The molecule has 1 heterocycles. The quantitative estimate of drug-likeness (QED) is 0.899. The molecular weight excluding hydrogens is 266 g/mol. The minimum atomic E-state index is -0.499. The summed E-state index contributed by atoms with van der Waals surface area (Å²) in [5.41, 5.74) is 0.680. The number of ether oxygens (including phenoxy) is 2. The molecular formula is C17H25NO3. The molecule has 2 N–H and O–H groups in total. The number of benzene rings is 1. The smallest absolute Gasteiger partial charge is 0.161 e. The van der Waals surface area contributed by atoms with Crippen molar-refractivity contribution in [2.24, 2.45) is 5.92 Å². The lowest BCUT2D eigenvalue weighted by molar-refractivity contribution is -0.0861. The highest BCUT2D eigenvalue weighted by atomic mass is 16.5. The Morgan fingerprint density at radius 2 is 1.95 bits per heavy atom. The van der Waals surface area contributed by atoms with Crippen LogP contribution >= 0.6 is 0 Å². The molecule has 0 aromatic heterocycles. The van der Waals surface area contributed by atoms with E-state index in [9.17, 15) is 5.11 Å². The SMILES string of the molecule is COc1ccc([C@H]2NCC[C@]3(O)CCCC[C@@H]23)cc1OC. The van der Waals surface area contributed by atoms with E-state index in [0.29, 0.717) is 0 Å². The number of nitrogens with one attached hydrogen (secondary N) is 1. The van der Waals surface area contributed by atoms with Crippen molar-refractivity contribution < 1.29 is 14.6 Å². The molecule has 1 aliphatic carbocycles. The molecule has 1 aliphatic heterocycles. The van der Waals surface area contributed by atoms with E-state index in [-0.39, 0.29) is 12.0 Å². The standard InChI is InChI=1S/C17H25NO3/c1-20-14-7-6-12(11-15(14)21-2)16-13-5-3-4-8-17(13,19)9-10-18-16/h6-7,11,13,16,18-19H,3-5,8-10H2,1-2H3/t13-,16+,17+/m0/s1. The average molecular weight is 291 g/mol. The van der Waals surface area contributed by atoms with Gasteiger partial charge in [0.15, 0.2) is 11.5 Å². The van der Waals surface area contributed by atoms with Crippen LogP contribution in [-0.4, -0.2) is 31.5 Å². The third-order valence-electron chi connectivity index (χ3n) is 5.16. The van der Waals surface area contributed by atoms with Crippen LogP contribution in [-0.2, 0) is 0 Å². The Morgan fingerprint density at radius 1 is 1.14 bits per heavy atom. The molecule has 2 fully saturated rings. The highest BCUT2D eigenvalue weighted by Gasteiger charge is 2.45. The third-order valence-corrected chi connectivity index (χ3v) is 5.16. The molecule has 0 amide bonds. The second kappa shape index (κ2) is 5.85. The van der Waals surface area contributed by atoms with E-state index < -0.39 is 5.60 Å². The summed E-state index contributed by atoms with van der Waals surface area (Å²) >= 11 is 0. The lowest BCUT2D eigenvalue weighted by Gasteiger charge is -2.48. The van der Waals surface area contributed by atoms with Gasteiger partial charge in [-0.15, -0.1) is 0 Å². The highest BCUT2D eigenvalue weighted by molar-refractivity contribution is 5.44. The van der Waals surface area contributed by atoms with Crippen LogP contribution < -0.4 is 14.8 Å². The van der Waals surface area contributed by atoms with Gasteiger partial charge >= 0.3 is 0 Å². The fourth-order valence-corrected chi connectivity index (χ4v) is 4.02. The molecule has 1 saturated heterocycles. The van der Waals surface area contributed by atoms with E-state index in [1.807, 2.05) is 12.1 Å². The van der Waals surface area contributed by atoms with Crippen molar-refractivity contribution in [2.75, 3.05) is 20.8 Å². The summed E-state index contributed by atoms with van der Waals surface area (Å²) in [6.45, 7) is 0.867. The van der Waals surface area contributed by atoms with Crippen LogP contribution in [0, 0.1) is 5.92 Å². The second-order valence-electron chi connectivity index (χ2n) is 6.25. The molecule has 3 rings (SSSR count). The van der Waals surface area contributed by atoms with Crippen LogP contribution in [0.5, 0.6) is 11.5 Å². The molecule has 116 valence electrons. The zero-order valence-corrected chi connectivity index (χ0v) is 12.9. The van der Waals surface area contributed by atoms with Gasteiger partial charge in [0.25, 0.3) is 0 Å². The fraction of sp³-hybridized carbons (Fsp3) is 0.647. The Labute approximate surface area is 126 Å². The van der Waals surface area contributed by atoms with Crippen molar-refractivity contribution in [1.82, 2.24) is 5.32 Å². The zero-order valence-electron chi connectivity index (χ0n) is 12.9. The van der Waals surface area contributed by atoms with E-state index in [1.54, 1.807) is 14.2 Å². The molecule has 1 aromatic carbocycles. The van der Waals surface area contributed by atoms with Gasteiger partial charge < -0.3 is 19.9 Å². The summed E-state index contributed by atoms with van der Waals surface area (Å²) in [6, 6.07) is 6.27. The van der Waals surface area contributed by atoms with Crippen LogP contribution in [0.1, 0.15) is 43.7 Å². The van der Waals surface area contributed by atoms with Crippen molar-refractivity contribution >= 4 is 0 Å². The van der Waals surface area contributed by atoms with Crippen LogP contribution in [0.3, 0.4) is 0 Å². The van der Waals surface area contributed by atoms with Gasteiger partial charge in [0.05, 0.1) is 19.8 Å². The monoisotopic (exact) mass is 291 g/mol. The van der Waals surface area contributed by atoms with Gasteiger partial charge in [-0.05, 0) is 43.5 Å². The minimum absolute atomic E-state index is 0.198. The summed E-state index contributed by atoms with van der Waals surface area (Å²) < 4.78 is 10.7.